The Labute approximate surface area is 223 Å². The normalized spacial score (nSPS) is 17.5. The molecule has 1 amide bonds. The van der Waals surface area contributed by atoms with Crippen molar-refractivity contribution in [1.29, 1.82) is 0 Å². The van der Waals surface area contributed by atoms with Gasteiger partial charge in [0, 0.05) is 32.8 Å². The summed E-state index contributed by atoms with van der Waals surface area (Å²) < 4.78 is 77.1. The molecule has 2 aromatic heterocycles. The molecule has 4 heterocycles. The van der Waals surface area contributed by atoms with Gasteiger partial charge in [0.15, 0.2) is 0 Å². The lowest BCUT2D eigenvalue weighted by atomic mass is 9.89. The molecule has 1 spiro atoms. The zero-order valence-corrected chi connectivity index (χ0v) is 21.5. The van der Waals surface area contributed by atoms with Crippen molar-refractivity contribution in [3.05, 3.63) is 36.0 Å². The third kappa shape index (κ3) is 9.55. The van der Waals surface area contributed by atoms with Gasteiger partial charge in [-0.15, -0.1) is 0 Å². The molecular weight excluding hydrogens is 558 g/mol. The van der Waals surface area contributed by atoms with Gasteiger partial charge in [0.1, 0.15) is 18.1 Å². The minimum absolute atomic E-state index is 0.00809. The van der Waals surface area contributed by atoms with Gasteiger partial charge in [-0.25, -0.2) is 9.59 Å². The Morgan fingerprint density at radius 3 is 1.98 bits per heavy atom. The van der Waals surface area contributed by atoms with Crippen molar-refractivity contribution in [2.45, 2.75) is 50.7 Å². The SMILES string of the molecule is CCc1ccc(CN2CCC3(CC2)CN(c2cnn(C)c2)C(=O)CO3)o1.O=C(O)C(F)(F)F.O=C(O)C(F)(F)F. The second-order valence-electron chi connectivity index (χ2n) is 8.93. The Balaban J connectivity index is 0.000000333. The lowest BCUT2D eigenvalue weighted by Gasteiger charge is -2.46. The highest BCUT2D eigenvalue weighted by molar-refractivity contribution is 5.94. The molecule has 2 aliphatic heterocycles. The molecule has 2 aromatic rings. The van der Waals surface area contributed by atoms with E-state index in [1.165, 1.54) is 0 Å². The molecule has 0 atom stereocenters. The molecule has 2 fully saturated rings. The van der Waals surface area contributed by atoms with E-state index in [0.717, 1.165) is 56.1 Å². The van der Waals surface area contributed by atoms with Crippen LogP contribution >= 0.6 is 0 Å². The summed E-state index contributed by atoms with van der Waals surface area (Å²) in [5, 5.41) is 18.4. The number of aromatic nitrogens is 2. The van der Waals surface area contributed by atoms with Crippen LogP contribution in [0.2, 0.25) is 0 Å². The molecule has 17 heteroatoms. The van der Waals surface area contributed by atoms with Gasteiger partial charge in [-0.3, -0.25) is 14.4 Å². The maximum atomic E-state index is 12.3. The van der Waals surface area contributed by atoms with Gasteiger partial charge < -0.3 is 24.3 Å². The number of piperidine rings is 1. The van der Waals surface area contributed by atoms with Crippen molar-refractivity contribution in [1.82, 2.24) is 14.7 Å². The maximum Gasteiger partial charge on any atom is 0.490 e. The van der Waals surface area contributed by atoms with Crippen molar-refractivity contribution in [2.24, 2.45) is 7.05 Å². The van der Waals surface area contributed by atoms with Crippen LogP contribution in [0.1, 0.15) is 31.3 Å². The molecule has 0 unspecified atom stereocenters. The van der Waals surface area contributed by atoms with E-state index >= 15 is 0 Å². The number of nitrogens with zero attached hydrogens (tertiary/aromatic N) is 4. The number of carboxylic acids is 2. The predicted octanol–water partition coefficient (Wildman–Crippen LogP) is 3.24. The zero-order valence-electron chi connectivity index (χ0n) is 21.5. The van der Waals surface area contributed by atoms with E-state index in [9.17, 15) is 31.1 Å². The van der Waals surface area contributed by atoms with Crippen LogP contribution < -0.4 is 4.90 Å². The number of aryl methyl sites for hydroxylation is 2. The molecular formula is C23H28F6N4O7. The summed E-state index contributed by atoms with van der Waals surface area (Å²) in [6.45, 7) is 5.57. The van der Waals surface area contributed by atoms with Crippen molar-refractivity contribution in [2.75, 3.05) is 31.1 Å². The second-order valence-corrected chi connectivity index (χ2v) is 8.93. The number of morpholine rings is 1. The van der Waals surface area contributed by atoms with Gasteiger partial charge in [0.2, 0.25) is 0 Å². The van der Waals surface area contributed by atoms with E-state index in [0.29, 0.717) is 6.54 Å². The Morgan fingerprint density at radius 2 is 1.55 bits per heavy atom. The monoisotopic (exact) mass is 586 g/mol. The minimum atomic E-state index is -5.08. The average molecular weight is 586 g/mol. The minimum Gasteiger partial charge on any atom is -0.475 e. The van der Waals surface area contributed by atoms with Crippen LogP contribution in [-0.2, 0) is 39.1 Å². The van der Waals surface area contributed by atoms with Gasteiger partial charge in [-0.05, 0) is 25.0 Å². The first kappa shape index (κ1) is 32.6. The van der Waals surface area contributed by atoms with Crippen LogP contribution in [0.15, 0.2) is 28.9 Å². The Morgan fingerprint density at radius 1 is 1.02 bits per heavy atom. The number of rotatable bonds is 4. The molecule has 11 nitrogen and oxygen atoms in total. The van der Waals surface area contributed by atoms with Gasteiger partial charge in [-0.1, -0.05) is 6.92 Å². The molecule has 40 heavy (non-hydrogen) atoms. The second kappa shape index (κ2) is 13.2. The number of hydrogen-bond acceptors (Lipinski definition) is 7. The quantitative estimate of drug-likeness (QED) is 0.517. The number of anilines is 1. The van der Waals surface area contributed by atoms with Crippen LogP contribution in [0.5, 0.6) is 0 Å². The van der Waals surface area contributed by atoms with Crippen molar-refractivity contribution in [3.63, 3.8) is 0 Å². The Hall–Kier alpha value is -3.60. The zero-order chi connectivity index (χ0) is 30.3. The lowest BCUT2D eigenvalue weighted by Crippen LogP contribution is -2.58. The molecule has 224 valence electrons. The number of carbonyl (C=O) groups is 3. The summed E-state index contributed by atoms with van der Waals surface area (Å²) in [6.07, 6.45) is -3.78. The number of ether oxygens (including phenoxy) is 1. The molecule has 0 saturated carbocycles. The van der Waals surface area contributed by atoms with E-state index in [2.05, 4.69) is 29.1 Å². The highest BCUT2D eigenvalue weighted by Gasteiger charge is 2.43. The van der Waals surface area contributed by atoms with E-state index in [-0.39, 0.29) is 18.1 Å². The van der Waals surface area contributed by atoms with Crippen molar-refractivity contribution >= 4 is 23.5 Å². The standard InChI is InChI=1S/C19H26N4O3.2C2HF3O2/c1-3-16-4-5-17(26-16)12-22-8-6-19(7-9-22)14-23(18(24)13-25-19)15-10-20-21(2)11-15;2*3-2(4,5)1(6)7/h4-5,10-11H,3,6-9,12-14H2,1-2H3;2*(H,6,7). The molecule has 0 aromatic carbocycles. The topological polar surface area (TPSA) is 138 Å². The number of aliphatic carboxylic acids is 2. The number of alkyl halides is 6. The molecule has 0 bridgehead atoms. The first-order chi connectivity index (χ1) is 18.5. The summed E-state index contributed by atoms with van der Waals surface area (Å²) in [5.41, 5.74) is 0.600. The van der Waals surface area contributed by atoms with E-state index in [4.69, 9.17) is 29.0 Å². The average Bonchev–Trinajstić information content (AvgIpc) is 3.50. The molecule has 0 aliphatic carbocycles. The number of carboxylic acid groups (broad SMARTS) is 2. The van der Waals surface area contributed by atoms with Crippen molar-refractivity contribution in [3.8, 4) is 0 Å². The van der Waals surface area contributed by atoms with Crippen LogP contribution in [-0.4, -0.2) is 86.9 Å². The van der Waals surface area contributed by atoms with E-state index < -0.39 is 24.3 Å². The van der Waals surface area contributed by atoms with Crippen LogP contribution in [0, 0.1) is 0 Å². The summed E-state index contributed by atoms with van der Waals surface area (Å²) in [5.74, 6) is -3.45. The summed E-state index contributed by atoms with van der Waals surface area (Å²) >= 11 is 0. The number of amides is 1. The van der Waals surface area contributed by atoms with E-state index in [1.807, 2.05) is 18.1 Å². The number of likely N-dealkylation sites (tertiary alicyclic amines) is 1. The first-order valence-corrected chi connectivity index (χ1v) is 11.8. The fourth-order valence-electron chi connectivity index (χ4n) is 3.84. The van der Waals surface area contributed by atoms with Gasteiger partial charge in [0.25, 0.3) is 5.91 Å². The van der Waals surface area contributed by atoms with Crippen LogP contribution in [0.4, 0.5) is 32.0 Å². The third-order valence-corrected chi connectivity index (χ3v) is 5.95. The molecule has 2 saturated heterocycles. The van der Waals surface area contributed by atoms with Gasteiger partial charge in [-0.2, -0.15) is 31.4 Å². The number of carbonyl (C=O) groups excluding carboxylic acids is 1. The van der Waals surface area contributed by atoms with Gasteiger partial charge in [0.05, 0.1) is 30.6 Å². The molecule has 2 aliphatic rings. The smallest absolute Gasteiger partial charge is 0.475 e. The molecule has 4 rings (SSSR count). The highest BCUT2D eigenvalue weighted by atomic mass is 19.4. The molecule has 2 N–H and O–H groups in total. The predicted molar refractivity (Wildman–Crippen MR) is 124 cm³/mol. The lowest BCUT2D eigenvalue weighted by molar-refractivity contribution is -0.193. The van der Waals surface area contributed by atoms with Crippen LogP contribution in [0.25, 0.3) is 0 Å². The highest BCUT2D eigenvalue weighted by Crippen LogP contribution is 2.33. The first-order valence-electron chi connectivity index (χ1n) is 11.8. The number of hydrogen-bond donors (Lipinski definition) is 2. The number of furan rings is 1. The maximum absolute atomic E-state index is 12.3. The summed E-state index contributed by atoms with van der Waals surface area (Å²) in [4.78, 5) is 34.3. The largest absolute Gasteiger partial charge is 0.490 e. The fraction of sp³-hybridized carbons (Fsp3) is 0.565. The van der Waals surface area contributed by atoms with Crippen molar-refractivity contribution < 1.29 is 60.1 Å². The third-order valence-electron chi connectivity index (χ3n) is 5.95. The Bertz CT molecular complexity index is 1130. The summed E-state index contributed by atoms with van der Waals surface area (Å²) in [6, 6.07) is 4.13. The summed E-state index contributed by atoms with van der Waals surface area (Å²) in [7, 11) is 1.86. The Kier molecular flexibility index (Phi) is 10.7. The van der Waals surface area contributed by atoms with Gasteiger partial charge >= 0.3 is 24.3 Å². The number of halogens is 6. The van der Waals surface area contributed by atoms with E-state index in [1.54, 1.807) is 10.9 Å². The van der Waals surface area contributed by atoms with Crippen LogP contribution in [0.3, 0.4) is 0 Å². The fourth-order valence-corrected chi connectivity index (χ4v) is 3.84. The molecule has 0 radical (unpaired) electrons.